The zero-order valence-electron chi connectivity index (χ0n) is 24.4. The van der Waals surface area contributed by atoms with Gasteiger partial charge in [0.05, 0.1) is 10.9 Å². The summed E-state index contributed by atoms with van der Waals surface area (Å²) in [6.07, 6.45) is 4.85. The lowest BCUT2D eigenvalue weighted by molar-refractivity contribution is -0.139. The molecule has 1 aromatic heterocycles. The van der Waals surface area contributed by atoms with Crippen LogP contribution in [-0.2, 0) is 21.4 Å². The molecule has 1 atom stereocenters. The molecule has 2 N–H and O–H groups in total. The zero-order valence-corrected chi connectivity index (χ0v) is 25.2. The third-order valence-corrected chi connectivity index (χ3v) is 10.1. The Kier molecular flexibility index (Phi) is 8.01. The Hall–Kier alpha value is -2.88. The van der Waals surface area contributed by atoms with Gasteiger partial charge in [0.1, 0.15) is 6.04 Å². The number of sulfonamides is 1. The number of aromatic nitrogens is 1. The van der Waals surface area contributed by atoms with Crippen LogP contribution in [0.2, 0.25) is 0 Å². The van der Waals surface area contributed by atoms with Crippen molar-refractivity contribution in [3.05, 3.63) is 59.8 Å². The van der Waals surface area contributed by atoms with Gasteiger partial charge in [0.2, 0.25) is 15.9 Å². The smallest absolute Gasteiger partial charge is 0.246 e. The fourth-order valence-corrected chi connectivity index (χ4v) is 7.19. The average molecular weight is 566 g/mol. The van der Waals surface area contributed by atoms with Crippen LogP contribution in [-0.4, -0.2) is 65.9 Å². The third-order valence-electron chi connectivity index (χ3n) is 8.25. The molecular formula is C31H43N5O3S. The van der Waals surface area contributed by atoms with Gasteiger partial charge in [-0.3, -0.25) is 4.79 Å². The maximum Gasteiger partial charge on any atom is 0.246 e. The molecule has 3 aromatic rings. The fraction of sp³-hybridized carbons (Fsp3) is 0.516. The van der Waals surface area contributed by atoms with Gasteiger partial charge in [-0.05, 0) is 88.9 Å². The molecule has 0 bridgehead atoms. The number of nitrogens with zero attached hydrogens (tertiary/aromatic N) is 3. The number of hydrogen-bond donors (Lipinski definition) is 2. The lowest BCUT2D eigenvalue weighted by Gasteiger charge is -2.38. The summed E-state index contributed by atoms with van der Waals surface area (Å²) in [7, 11) is -3.53. The van der Waals surface area contributed by atoms with E-state index < -0.39 is 16.1 Å². The van der Waals surface area contributed by atoms with Crippen molar-refractivity contribution in [2.75, 3.05) is 31.5 Å². The number of carbonyl (C=O) groups is 1. The number of piperidine rings is 1. The number of fused-ring (bicyclic) bond motifs is 1. The van der Waals surface area contributed by atoms with Gasteiger partial charge in [0.15, 0.2) is 0 Å². The quantitative estimate of drug-likeness (QED) is 0.406. The van der Waals surface area contributed by atoms with Crippen LogP contribution in [0.1, 0.15) is 64.1 Å². The predicted octanol–water partition coefficient (Wildman–Crippen LogP) is 4.90. The van der Waals surface area contributed by atoms with Crippen LogP contribution in [0.4, 0.5) is 5.69 Å². The highest BCUT2D eigenvalue weighted by Crippen LogP contribution is 2.31. The largest absolute Gasteiger partial charge is 0.380 e. The van der Waals surface area contributed by atoms with E-state index >= 15 is 0 Å². The summed E-state index contributed by atoms with van der Waals surface area (Å²) >= 11 is 0. The molecule has 2 aromatic carbocycles. The molecule has 2 aliphatic heterocycles. The monoisotopic (exact) mass is 565 g/mol. The van der Waals surface area contributed by atoms with Crippen molar-refractivity contribution in [2.24, 2.45) is 0 Å². The fourth-order valence-electron chi connectivity index (χ4n) is 5.64. The third kappa shape index (κ3) is 5.78. The van der Waals surface area contributed by atoms with Crippen LogP contribution in [0.3, 0.4) is 0 Å². The van der Waals surface area contributed by atoms with E-state index in [1.807, 2.05) is 35.6 Å². The van der Waals surface area contributed by atoms with Gasteiger partial charge in [0.25, 0.3) is 0 Å². The number of hydrogen-bond acceptors (Lipinski definition) is 5. The average Bonchev–Trinajstić information content (AvgIpc) is 3.24. The van der Waals surface area contributed by atoms with Gasteiger partial charge in [-0.1, -0.05) is 18.6 Å². The summed E-state index contributed by atoms with van der Waals surface area (Å²) in [4.78, 5) is 16.3. The summed E-state index contributed by atoms with van der Waals surface area (Å²) in [6, 6.07) is 13.7. The molecule has 2 aliphatic rings. The van der Waals surface area contributed by atoms with Crippen LogP contribution < -0.4 is 10.6 Å². The van der Waals surface area contributed by atoms with E-state index in [2.05, 4.69) is 55.7 Å². The van der Waals surface area contributed by atoms with E-state index in [0.717, 1.165) is 60.1 Å². The van der Waals surface area contributed by atoms with Crippen LogP contribution in [0, 0.1) is 6.92 Å². The van der Waals surface area contributed by atoms with E-state index in [1.165, 1.54) is 0 Å². The Bertz CT molecular complexity index is 1460. The van der Waals surface area contributed by atoms with E-state index in [0.29, 0.717) is 30.6 Å². The van der Waals surface area contributed by atoms with E-state index in [1.54, 1.807) is 16.4 Å². The van der Waals surface area contributed by atoms with Crippen LogP contribution >= 0.6 is 0 Å². The molecule has 2 saturated heterocycles. The first-order valence-corrected chi connectivity index (χ1v) is 15.9. The minimum Gasteiger partial charge on any atom is -0.380 e. The molecule has 8 nitrogen and oxygen atoms in total. The van der Waals surface area contributed by atoms with E-state index in [9.17, 15) is 13.2 Å². The number of rotatable bonds is 8. The lowest BCUT2D eigenvalue weighted by atomic mass is 10.0. The van der Waals surface area contributed by atoms with Gasteiger partial charge in [-0.2, -0.15) is 4.31 Å². The number of benzene rings is 2. The highest BCUT2D eigenvalue weighted by atomic mass is 32.2. The van der Waals surface area contributed by atoms with Crippen molar-refractivity contribution in [3.63, 3.8) is 0 Å². The summed E-state index contributed by atoms with van der Waals surface area (Å²) in [5.74, 6) is 0.0251. The highest BCUT2D eigenvalue weighted by molar-refractivity contribution is 7.89. The molecule has 1 unspecified atom stereocenters. The van der Waals surface area contributed by atoms with Crippen LogP contribution in [0.5, 0.6) is 0 Å². The number of anilines is 1. The van der Waals surface area contributed by atoms with Crippen LogP contribution in [0.25, 0.3) is 10.9 Å². The second kappa shape index (κ2) is 11.2. The second-order valence-electron chi connectivity index (χ2n) is 12.3. The molecule has 0 radical (unpaired) electrons. The molecule has 5 rings (SSSR count). The van der Waals surface area contributed by atoms with Crippen molar-refractivity contribution >= 4 is 32.5 Å². The number of amides is 1. The number of nitrogens with one attached hydrogen (secondary N) is 2. The van der Waals surface area contributed by atoms with Crippen molar-refractivity contribution in [2.45, 2.75) is 82.9 Å². The van der Waals surface area contributed by atoms with Crippen molar-refractivity contribution in [3.8, 4) is 0 Å². The van der Waals surface area contributed by atoms with Crippen molar-refractivity contribution in [1.29, 1.82) is 0 Å². The zero-order chi connectivity index (χ0) is 28.7. The highest BCUT2D eigenvalue weighted by Gasteiger charge is 2.32. The number of aryl methyl sites for hydroxylation is 1. The van der Waals surface area contributed by atoms with E-state index in [-0.39, 0.29) is 11.4 Å². The van der Waals surface area contributed by atoms with Gasteiger partial charge < -0.3 is 20.1 Å². The molecule has 216 valence electrons. The molecule has 3 heterocycles. The second-order valence-corrected chi connectivity index (χ2v) is 14.3. The topological polar surface area (TPSA) is 86.7 Å². The first-order valence-electron chi connectivity index (χ1n) is 14.4. The molecular weight excluding hydrogens is 522 g/mol. The summed E-state index contributed by atoms with van der Waals surface area (Å²) in [5, 5.41) is 7.65. The van der Waals surface area contributed by atoms with Crippen LogP contribution in [0.15, 0.2) is 53.6 Å². The van der Waals surface area contributed by atoms with Gasteiger partial charge in [0, 0.05) is 61.0 Å². The predicted molar refractivity (Wildman–Crippen MR) is 161 cm³/mol. The Labute approximate surface area is 238 Å². The van der Waals surface area contributed by atoms with Gasteiger partial charge >= 0.3 is 0 Å². The molecule has 0 spiro atoms. The summed E-state index contributed by atoms with van der Waals surface area (Å²) in [5.41, 5.74) is 3.61. The first-order chi connectivity index (χ1) is 18.9. The number of carbonyl (C=O) groups excluding carboxylic acids is 1. The molecule has 1 amide bonds. The summed E-state index contributed by atoms with van der Waals surface area (Å²) < 4.78 is 30.2. The molecule has 9 heteroatoms. The molecule has 0 aliphatic carbocycles. The molecule has 2 fully saturated rings. The lowest BCUT2D eigenvalue weighted by Crippen LogP contribution is -2.51. The maximum absolute atomic E-state index is 14.0. The molecule has 40 heavy (non-hydrogen) atoms. The molecule has 0 saturated carbocycles. The van der Waals surface area contributed by atoms with Gasteiger partial charge in [-0.15, -0.1) is 0 Å². The minimum atomic E-state index is -3.53. The normalized spacial score (nSPS) is 17.9. The minimum absolute atomic E-state index is 0.0251. The Balaban J connectivity index is 1.38. The summed E-state index contributed by atoms with van der Waals surface area (Å²) in [6.45, 7) is 13.7. The maximum atomic E-state index is 14.0. The Morgan fingerprint density at radius 1 is 1.07 bits per heavy atom. The first kappa shape index (κ1) is 28.6. The Morgan fingerprint density at radius 3 is 2.35 bits per heavy atom. The van der Waals surface area contributed by atoms with Crippen molar-refractivity contribution in [1.82, 2.24) is 19.1 Å². The standard InChI is InChI=1S/C31H43N5O3S/c1-22-20-35(29-14-13-27(17-28(22)29)40(38,39)34-15-7-6-8-16-34)23(2)30(37)36(31(3,4)5)21-24-9-11-25(12-10-24)33-26-18-32-19-26/h9-14,17,20,23,26,32-33H,6-8,15-16,18-19,21H2,1-5H3. The Morgan fingerprint density at radius 2 is 1.75 bits per heavy atom. The van der Waals surface area contributed by atoms with E-state index in [4.69, 9.17) is 0 Å². The van der Waals surface area contributed by atoms with Gasteiger partial charge in [-0.25, -0.2) is 8.42 Å². The SMILES string of the molecule is Cc1cn(C(C)C(=O)N(Cc2ccc(NC3CNC3)cc2)C(C)(C)C)c2ccc(S(=O)(=O)N3CCCCC3)cc12. The van der Waals surface area contributed by atoms with Crippen molar-refractivity contribution < 1.29 is 13.2 Å².